The van der Waals surface area contributed by atoms with Gasteiger partial charge in [0.05, 0.1) is 19.8 Å². The number of carbonyl (C=O) groups is 2. The molecule has 2 rings (SSSR count). The van der Waals surface area contributed by atoms with E-state index in [1.54, 1.807) is 24.3 Å². The lowest BCUT2D eigenvalue weighted by Gasteiger charge is -2.09. The molecule has 1 heterocycles. The van der Waals surface area contributed by atoms with Gasteiger partial charge in [-0.05, 0) is 48.2 Å². The second-order valence-corrected chi connectivity index (χ2v) is 5.85. The SMILES string of the molecule is COc1ccc(OC)c(C(=O)COC(=O)/C=C/c2sccc2C)c1. The molecule has 2 aromatic rings. The molecule has 1 aromatic carbocycles. The van der Waals surface area contributed by atoms with E-state index in [-0.39, 0.29) is 12.4 Å². The van der Waals surface area contributed by atoms with E-state index < -0.39 is 5.97 Å². The van der Waals surface area contributed by atoms with Crippen LogP contribution in [0.1, 0.15) is 20.8 Å². The van der Waals surface area contributed by atoms with E-state index in [1.165, 1.54) is 31.6 Å². The summed E-state index contributed by atoms with van der Waals surface area (Å²) < 4.78 is 15.3. The molecule has 0 aliphatic rings. The first-order valence-corrected chi connectivity index (χ1v) is 8.07. The van der Waals surface area contributed by atoms with E-state index in [2.05, 4.69) is 0 Å². The Morgan fingerprint density at radius 1 is 1.17 bits per heavy atom. The molecule has 0 amide bonds. The largest absolute Gasteiger partial charge is 0.497 e. The third-order valence-corrected chi connectivity index (χ3v) is 4.31. The number of hydrogen-bond donors (Lipinski definition) is 0. The van der Waals surface area contributed by atoms with E-state index in [9.17, 15) is 9.59 Å². The number of rotatable bonds is 7. The van der Waals surface area contributed by atoms with Gasteiger partial charge in [0.2, 0.25) is 5.78 Å². The number of ketones is 1. The summed E-state index contributed by atoms with van der Waals surface area (Å²) >= 11 is 1.53. The van der Waals surface area contributed by atoms with Gasteiger partial charge in [-0.3, -0.25) is 4.79 Å². The van der Waals surface area contributed by atoms with Gasteiger partial charge in [-0.1, -0.05) is 0 Å². The molecule has 0 spiro atoms. The average molecular weight is 346 g/mol. The molecule has 0 aliphatic carbocycles. The van der Waals surface area contributed by atoms with Crippen molar-refractivity contribution in [3.63, 3.8) is 0 Å². The Labute approximate surface area is 144 Å². The third kappa shape index (κ3) is 4.45. The van der Waals surface area contributed by atoms with E-state index in [0.717, 1.165) is 10.4 Å². The maximum absolute atomic E-state index is 12.2. The summed E-state index contributed by atoms with van der Waals surface area (Å²) in [6.07, 6.45) is 2.99. The number of carbonyl (C=O) groups excluding carboxylic acids is 2. The number of thiophene rings is 1. The van der Waals surface area contributed by atoms with Crippen LogP contribution >= 0.6 is 11.3 Å². The standard InChI is InChI=1S/C18H18O5S/c1-12-8-9-24-17(12)6-7-18(20)23-11-15(19)14-10-13(21-2)4-5-16(14)22-3/h4-10H,11H2,1-3H3/b7-6+. The zero-order valence-corrected chi connectivity index (χ0v) is 14.5. The van der Waals surface area contributed by atoms with Crippen molar-refractivity contribution in [3.8, 4) is 11.5 Å². The van der Waals surface area contributed by atoms with E-state index in [0.29, 0.717) is 17.1 Å². The van der Waals surface area contributed by atoms with Crippen molar-refractivity contribution in [2.24, 2.45) is 0 Å². The summed E-state index contributed by atoms with van der Waals surface area (Å²) in [5.74, 6) is -0.00189. The molecule has 0 bridgehead atoms. The maximum Gasteiger partial charge on any atom is 0.331 e. The molecule has 0 unspecified atom stereocenters. The maximum atomic E-state index is 12.2. The van der Waals surface area contributed by atoms with Crippen LogP contribution in [-0.2, 0) is 9.53 Å². The van der Waals surface area contributed by atoms with Crippen molar-refractivity contribution in [2.75, 3.05) is 20.8 Å². The first-order valence-electron chi connectivity index (χ1n) is 7.19. The Hall–Kier alpha value is -2.60. The van der Waals surface area contributed by atoms with E-state index in [1.807, 2.05) is 18.4 Å². The molecule has 24 heavy (non-hydrogen) atoms. The predicted octanol–water partition coefficient (Wildman–Crippen LogP) is 3.51. The molecular formula is C18H18O5S. The molecule has 6 heteroatoms. The fourth-order valence-electron chi connectivity index (χ4n) is 1.99. The van der Waals surface area contributed by atoms with E-state index in [4.69, 9.17) is 14.2 Å². The van der Waals surface area contributed by atoms with Crippen LogP contribution in [0.5, 0.6) is 11.5 Å². The molecule has 0 saturated carbocycles. The van der Waals surface area contributed by atoms with Gasteiger partial charge in [-0.2, -0.15) is 0 Å². The van der Waals surface area contributed by atoms with Crippen molar-refractivity contribution in [2.45, 2.75) is 6.92 Å². The highest BCUT2D eigenvalue weighted by molar-refractivity contribution is 7.11. The zero-order valence-electron chi connectivity index (χ0n) is 13.7. The highest BCUT2D eigenvalue weighted by atomic mass is 32.1. The summed E-state index contributed by atoms with van der Waals surface area (Å²) in [5, 5.41) is 1.94. The van der Waals surface area contributed by atoms with Crippen LogP contribution in [0.4, 0.5) is 0 Å². The summed E-state index contributed by atoms with van der Waals surface area (Å²) in [5.41, 5.74) is 1.39. The summed E-state index contributed by atoms with van der Waals surface area (Å²) in [6.45, 7) is 1.59. The molecule has 0 atom stereocenters. The quantitative estimate of drug-likeness (QED) is 0.436. The number of ether oxygens (including phenoxy) is 3. The molecule has 0 aliphatic heterocycles. The molecule has 126 valence electrons. The number of methoxy groups -OCH3 is 2. The minimum absolute atomic E-state index is 0.308. The number of esters is 1. The summed E-state index contributed by atoms with van der Waals surface area (Å²) in [6, 6.07) is 6.84. The van der Waals surface area contributed by atoms with Gasteiger partial charge in [-0.25, -0.2) is 4.79 Å². The minimum Gasteiger partial charge on any atom is -0.497 e. The number of aryl methyl sites for hydroxylation is 1. The molecule has 0 saturated heterocycles. The molecule has 0 N–H and O–H groups in total. The summed E-state index contributed by atoms with van der Waals surface area (Å²) in [7, 11) is 2.98. The van der Waals surface area contributed by atoms with Gasteiger partial charge < -0.3 is 14.2 Å². The van der Waals surface area contributed by atoms with Gasteiger partial charge >= 0.3 is 5.97 Å². The molecule has 0 radical (unpaired) electrons. The topological polar surface area (TPSA) is 61.8 Å². The van der Waals surface area contributed by atoms with Crippen molar-refractivity contribution in [1.29, 1.82) is 0 Å². The van der Waals surface area contributed by atoms with Crippen LogP contribution in [-0.4, -0.2) is 32.6 Å². The van der Waals surface area contributed by atoms with E-state index >= 15 is 0 Å². The molecule has 1 aromatic heterocycles. The second-order valence-electron chi connectivity index (χ2n) is 4.90. The fourth-order valence-corrected chi connectivity index (χ4v) is 2.81. The average Bonchev–Trinajstić information content (AvgIpc) is 3.02. The highest BCUT2D eigenvalue weighted by Crippen LogP contribution is 2.24. The summed E-state index contributed by atoms with van der Waals surface area (Å²) in [4.78, 5) is 25.0. The van der Waals surface area contributed by atoms with Gasteiger partial charge in [0.15, 0.2) is 6.61 Å². The Balaban J connectivity index is 1.99. The normalized spacial score (nSPS) is 10.6. The van der Waals surface area contributed by atoms with Crippen LogP contribution in [0.25, 0.3) is 6.08 Å². The van der Waals surface area contributed by atoms with Crippen LogP contribution < -0.4 is 9.47 Å². The Morgan fingerprint density at radius 3 is 2.58 bits per heavy atom. The molecule has 0 fully saturated rings. The van der Waals surface area contributed by atoms with Crippen molar-refractivity contribution < 1.29 is 23.8 Å². The zero-order chi connectivity index (χ0) is 17.5. The van der Waals surface area contributed by atoms with Gasteiger partial charge in [-0.15, -0.1) is 11.3 Å². The smallest absolute Gasteiger partial charge is 0.331 e. The lowest BCUT2D eigenvalue weighted by molar-refractivity contribution is -0.136. The third-order valence-electron chi connectivity index (χ3n) is 3.33. The number of benzene rings is 1. The van der Waals surface area contributed by atoms with Crippen molar-refractivity contribution in [1.82, 2.24) is 0 Å². The van der Waals surface area contributed by atoms with Crippen molar-refractivity contribution in [3.05, 3.63) is 51.7 Å². The predicted molar refractivity (Wildman–Crippen MR) is 92.9 cm³/mol. The van der Waals surface area contributed by atoms with Gasteiger partial charge in [0.25, 0.3) is 0 Å². The second kappa shape index (κ2) is 8.31. The van der Waals surface area contributed by atoms with Crippen molar-refractivity contribution >= 4 is 29.2 Å². The van der Waals surface area contributed by atoms with Gasteiger partial charge in [0.1, 0.15) is 11.5 Å². The lowest BCUT2D eigenvalue weighted by Crippen LogP contribution is -2.13. The Morgan fingerprint density at radius 2 is 1.96 bits per heavy atom. The van der Waals surface area contributed by atoms with Crippen LogP contribution in [0.15, 0.2) is 35.7 Å². The first kappa shape index (κ1) is 17.7. The minimum atomic E-state index is -0.571. The van der Waals surface area contributed by atoms with Gasteiger partial charge in [0, 0.05) is 11.0 Å². The monoisotopic (exact) mass is 346 g/mol. The molecule has 5 nitrogen and oxygen atoms in total. The fraction of sp³-hybridized carbons (Fsp3) is 0.222. The molecular weight excluding hydrogens is 328 g/mol. The first-order chi connectivity index (χ1) is 11.5. The van der Waals surface area contributed by atoms with Crippen LogP contribution in [0, 0.1) is 6.92 Å². The highest BCUT2D eigenvalue weighted by Gasteiger charge is 2.15. The van der Waals surface area contributed by atoms with Crippen LogP contribution in [0.3, 0.4) is 0 Å². The number of Topliss-reactive ketones (excluding diaryl/α,β-unsaturated/α-hetero) is 1. The Bertz CT molecular complexity index is 761. The number of hydrogen-bond acceptors (Lipinski definition) is 6. The van der Waals surface area contributed by atoms with Crippen LogP contribution in [0.2, 0.25) is 0 Å². The lowest BCUT2D eigenvalue weighted by atomic mass is 10.1. The Kier molecular flexibility index (Phi) is 6.14.